The highest BCUT2D eigenvalue weighted by Gasteiger charge is 2.40. The molecule has 0 bridgehead atoms. The van der Waals surface area contributed by atoms with Gasteiger partial charge in [0.2, 0.25) is 5.91 Å². The number of nitriles is 1. The molecule has 3 aromatic rings. The zero-order valence-electron chi connectivity index (χ0n) is 18.9. The van der Waals surface area contributed by atoms with Crippen molar-refractivity contribution in [3.63, 3.8) is 0 Å². The summed E-state index contributed by atoms with van der Waals surface area (Å²) in [6.45, 7) is 2.37. The van der Waals surface area contributed by atoms with Crippen molar-refractivity contribution in [1.82, 2.24) is 5.32 Å². The van der Waals surface area contributed by atoms with Crippen molar-refractivity contribution >= 4 is 29.3 Å². The number of nitrogens with one attached hydrogen (secondary N) is 1. The van der Waals surface area contributed by atoms with Crippen LogP contribution in [0, 0.1) is 18.3 Å². The Morgan fingerprint density at radius 1 is 0.971 bits per heavy atom. The van der Waals surface area contributed by atoms with E-state index >= 15 is 0 Å². The summed E-state index contributed by atoms with van der Waals surface area (Å²) in [5.74, 6) is -0.594. The number of hydrogen-bond acceptors (Lipinski definition) is 4. The van der Waals surface area contributed by atoms with E-state index in [0.29, 0.717) is 30.1 Å². The normalized spacial score (nSPS) is 16.8. The molecule has 34 heavy (non-hydrogen) atoms. The lowest BCUT2D eigenvalue weighted by Crippen LogP contribution is -2.32. The number of benzene rings is 3. The van der Waals surface area contributed by atoms with E-state index in [9.17, 15) is 14.9 Å². The predicted molar refractivity (Wildman–Crippen MR) is 136 cm³/mol. The third-order valence-corrected chi connectivity index (χ3v) is 6.87. The number of hydrogen-bond donors (Lipinski definition) is 1. The third kappa shape index (κ3) is 5.38. The molecule has 1 aliphatic heterocycles. The largest absolute Gasteiger partial charge is 0.351 e. The van der Waals surface area contributed by atoms with Crippen molar-refractivity contribution in [1.29, 1.82) is 5.26 Å². The quantitative estimate of drug-likeness (QED) is 0.401. The van der Waals surface area contributed by atoms with E-state index in [-0.39, 0.29) is 11.5 Å². The molecule has 1 heterocycles. The number of amides is 2. The summed E-state index contributed by atoms with van der Waals surface area (Å²) in [4.78, 5) is 28.0. The second-order valence-corrected chi connectivity index (χ2v) is 9.28. The predicted octanol–water partition coefficient (Wildman–Crippen LogP) is 4.78. The molecule has 0 radical (unpaired) electrons. The van der Waals surface area contributed by atoms with Crippen molar-refractivity contribution in [2.45, 2.75) is 25.0 Å². The van der Waals surface area contributed by atoms with E-state index in [2.05, 4.69) is 11.4 Å². The SMILES string of the molecule is Cc1ccc(N2C(=O)[C@@H](Cc3ccccc3)S/C2=C(/C#N)C(=O)NCCc2ccccc2)cc1. The number of anilines is 1. The minimum Gasteiger partial charge on any atom is -0.351 e. The third-order valence-electron chi connectivity index (χ3n) is 5.60. The van der Waals surface area contributed by atoms with Crippen LogP contribution < -0.4 is 10.2 Å². The molecule has 170 valence electrons. The molecule has 3 aromatic carbocycles. The fourth-order valence-corrected chi connectivity index (χ4v) is 5.11. The smallest absolute Gasteiger partial charge is 0.264 e. The molecule has 1 fully saturated rings. The van der Waals surface area contributed by atoms with Crippen LogP contribution in [0.1, 0.15) is 16.7 Å². The van der Waals surface area contributed by atoms with Crippen LogP contribution in [0.2, 0.25) is 0 Å². The molecule has 5 nitrogen and oxygen atoms in total. The Balaban J connectivity index is 1.61. The fraction of sp³-hybridized carbons (Fsp3) is 0.179. The summed E-state index contributed by atoms with van der Waals surface area (Å²) in [5.41, 5.74) is 3.81. The number of aryl methyl sites for hydroxylation is 1. The molecular weight excluding hydrogens is 442 g/mol. The van der Waals surface area contributed by atoms with Gasteiger partial charge < -0.3 is 5.32 Å². The van der Waals surface area contributed by atoms with Crippen molar-refractivity contribution in [3.05, 3.63) is 112 Å². The summed E-state index contributed by atoms with van der Waals surface area (Å²) in [6, 6.07) is 29.2. The number of nitrogens with zero attached hydrogens (tertiary/aromatic N) is 2. The summed E-state index contributed by atoms with van der Waals surface area (Å²) in [7, 11) is 0. The Morgan fingerprint density at radius 2 is 1.59 bits per heavy atom. The van der Waals surface area contributed by atoms with Crippen LogP contribution in [-0.4, -0.2) is 23.6 Å². The van der Waals surface area contributed by atoms with Gasteiger partial charge in [0.25, 0.3) is 5.91 Å². The van der Waals surface area contributed by atoms with Crippen LogP contribution in [0.3, 0.4) is 0 Å². The lowest BCUT2D eigenvalue weighted by molar-refractivity contribution is -0.117. The Labute approximate surface area is 204 Å². The maximum atomic E-state index is 13.5. The molecule has 0 aliphatic carbocycles. The average molecular weight is 468 g/mol. The van der Waals surface area contributed by atoms with Gasteiger partial charge in [-0.3, -0.25) is 14.5 Å². The van der Waals surface area contributed by atoms with Crippen molar-refractivity contribution in [3.8, 4) is 6.07 Å². The molecule has 0 spiro atoms. The molecule has 1 atom stereocenters. The summed E-state index contributed by atoms with van der Waals surface area (Å²) >= 11 is 1.28. The Hall–Kier alpha value is -3.82. The molecule has 0 aromatic heterocycles. The number of thioether (sulfide) groups is 1. The topological polar surface area (TPSA) is 73.2 Å². The summed E-state index contributed by atoms with van der Waals surface area (Å²) in [5, 5.41) is 12.7. The van der Waals surface area contributed by atoms with Crippen LogP contribution in [0.25, 0.3) is 0 Å². The van der Waals surface area contributed by atoms with Gasteiger partial charge in [-0.1, -0.05) is 90.1 Å². The van der Waals surface area contributed by atoms with Crippen molar-refractivity contribution in [2.24, 2.45) is 0 Å². The van der Waals surface area contributed by atoms with Crippen molar-refractivity contribution < 1.29 is 9.59 Å². The van der Waals surface area contributed by atoms with Gasteiger partial charge in [-0.25, -0.2) is 0 Å². The Bertz CT molecular complexity index is 1230. The van der Waals surface area contributed by atoms with E-state index in [0.717, 1.165) is 16.7 Å². The first-order valence-electron chi connectivity index (χ1n) is 11.1. The highest BCUT2D eigenvalue weighted by Crippen LogP contribution is 2.41. The van der Waals surface area contributed by atoms with Crippen LogP contribution >= 0.6 is 11.8 Å². The maximum Gasteiger partial charge on any atom is 0.264 e. The first-order valence-corrected chi connectivity index (χ1v) is 12.0. The van der Waals surface area contributed by atoms with Gasteiger partial charge in [-0.05, 0) is 43.0 Å². The van der Waals surface area contributed by atoms with Crippen molar-refractivity contribution in [2.75, 3.05) is 11.4 Å². The van der Waals surface area contributed by atoms with Gasteiger partial charge in [0.1, 0.15) is 16.7 Å². The molecule has 1 aliphatic rings. The molecule has 0 unspecified atom stereocenters. The first kappa shape index (κ1) is 23.3. The number of carbonyl (C=O) groups is 2. The lowest BCUT2D eigenvalue weighted by atomic mass is 10.1. The average Bonchev–Trinajstić information content (AvgIpc) is 3.17. The second-order valence-electron chi connectivity index (χ2n) is 8.09. The minimum atomic E-state index is -0.466. The minimum absolute atomic E-state index is 0.0393. The van der Waals surface area contributed by atoms with E-state index in [1.807, 2.05) is 91.9 Å². The molecule has 4 rings (SSSR count). The summed E-state index contributed by atoms with van der Waals surface area (Å²) < 4.78 is 0. The monoisotopic (exact) mass is 467 g/mol. The van der Waals surface area contributed by atoms with E-state index in [1.54, 1.807) is 0 Å². The lowest BCUT2D eigenvalue weighted by Gasteiger charge is -2.19. The Kier molecular flexibility index (Phi) is 7.46. The van der Waals surface area contributed by atoms with Crippen LogP contribution in [0.4, 0.5) is 5.69 Å². The van der Waals surface area contributed by atoms with Gasteiger partial charge in [0, 0.05) is 12.2 Å². The molecule has 6 heteroatoms. The fourth-order valence-electron chi connectivity index (χ4n) is 3.80. The van der Waals surface area contributed by atoms with Gasteiger partial charge in [0.05, 0.1) is 5.25 Å². The van der Waals surface area contributed by atoms with E-state index in [4.69, 9.17) is 0 Å². The van der Waals surface area contributed by atoms with Gasteiger partial charge in [0.15, 0.2) is 0 Å². The number of rotatable bonds is 7. The van der Waals surface area contributed by atoms with E-state index < -0.39 is 11.2 Å². The Morgan fingerprint density at radius 3 is 2.21 bits per heavy atom. The first-order chi connectivity index (χ1) is 16.6. The number of carbonyl (C=O) groups excluding carboxylic acids is 2. The summed E-state index contributed by atoms with van der Waals surface area (Å²) in [6.07, 6.45) is 1.18. The second kappa shape index (κ2) is 10.9. The molecule has 0 saturated carbocycles. The standard InChI is InChI=1S/C28H25N3O2S/c1-20-12-14-23(15-13-20)31-27(33)25(18-22-10-6-3-7-11-22)34-28(31)24(19-29)26(32)30-17-16-21-8-4-2-5-9-21/h2-15,25H,16-18H2,1H3,(H,30,32)/b28-24-/t25-/m1/s1. The molecular formula is C28H25N3O2S. The highest BCUT2D eigenvalue weighted by molar-refractivity contribution is 8.05. The van der Waals surface area contributed by atoms with Gasteiger partial charge in [-0.15, -0.1) is 0 Å². The highest BCUT2D eigenvalue weighted by atomic mass is 32.2. The van der Waals surface area contributed by atoms with Crippen LogP contribution in [0.5, 0.6) is 0 Å². The maximum absolute atomic E-state index is 13.5. The van der Waals surface area contributed by atoms with Gasteiger partial charge in [-0.2, -0.15) is 5.26 Å². The van der Waals surface area contributed by atoms with Crippen LogP contribution in [0.15, 0.2) is 95.5 Å². The molecule has 2 amide bonds. The zero-order valence-corrected chi connectivity index (χ0v) is 19.7. The molecule has 1 saturated heterocycles. The van der Waals surface area contributed by atoms with E-state index in [1.165, 1.54) is 16.7 Å². The van der Waals surface area contributed by atoms with Crippen LogP contribution in [-0.2, 0) is 22.4 Å². The zero-order chi connectivity index (χ0) is 23.9. The van der Waals surface area contributed by atoms with Gasteiger partial charge >= 0.3 is 0 Å². The molecule has 1 N–H and O–H groups in total.